The van der Waals surface area contributed by atoms with Crippen LogP contribution in [0.5, 0.6) is 0 Å². The fraction of sp³-hybridized carbons (Fsp3) is 0.562. The Balaban J connectivity index is 1.71. The van der Waals surface area contributed by atoms with Gasteiger partial charge in [0.05, 0.1) is 17.3 Å². The maximum absolute atomic E-state index is 13.7. The molecule has 22 heavy (non-hydrogen) atoms. The van der Waals surface area contributed by atoms with Crippen molar-refractivity contribution in [2.24, 2.45) is 0 Å². The van der Waals surface area contributed by atoms with E-state index >= 15 is 0 Å². The lowest BCUT2D eigenvalue weighted by Gasteiger charge is -2.46. The summed E-state index contributed by atoms with van der Waals surface area (Å²) in [4.78, 5) is 13.8. The number of aliphatic hydroxyl groups excluding tert-OH is 1. The minimum absolute atomic E-state index is 0.249. The van der Waals surface area contributed by atoms with Gasteiger partial charge in [0.2, 0.25) is 0 Å². The summed E-state index contributed by atoms with van der Waals surface area (Å²) < 4.78 is 32.7. The number of hydrogen-bond donors (Lipinski definition) is 1. The molecule has 0 aliphatic carbocycles. The molecule has 1 amide bonds. The lowest BCUT2D eigenvalue weighted by atomic mass is 9.82. The van der Waals surface area contributed by atoms with Gasteiger partial charge in [-0.05, 0) is 43.9 Å². The van der Waals surface area contributed by atoms with Crippen LogP contribution >= 0.6 is 0 Å². The summed E-state index contributed by atoms with van der Waals surface area (Å²) in [6.45, 7) is 1.35. The number of carbonyl (C=O) groups excluding carboxylic acids is 1. The zero-order chi connectivity index (χ0) is 15.7. The number of benzene rings is 1. The highest BCUT2D eigenvalue weighted by atomic mass is 19.1. The molecule has 0 saturated carbocycles. The number of carbonyl (C=O) groups is 1. The number of ether oxygens (including phenoxy) is 1. The highest BCUT2D eigenvalue weighted by Gasteiger charge is 2.44. The third-order valence-electron chi connectivity index (χ3n) is 4.67. The molecule has 4 nitrogen and oxygen atoms in total. The van der Waals surface area contributed by atoms with Crippen LogP contribution < -0.4 is 0 Å². The molecule has 2 aliphatic heterocycles. The number of amides is 1. The minimum atomic E-state index is -0.722. The fourth-order valence-electron chi connectivity index (χ4n) is 3.31. The second kappa shape index (κ2) is 5.93. The third kappa shape index (κ3) is 2.73. The first-order chi connectivity index (χ1) is 10.5. The summed E-state index contributed by atoms with van der Waals surface area (Å²) >= 11 is 0. The van der Waals surface area contributed by atoms with Crippen molar-refractivity contribution in [2.75, 3.05) is 19.7 Å². The number of rotatable bonds is 1. The Kier molecular flexibility index (Phi) is 4.14. The molecule has 0 bridgehead atoms. The van der Waals surface area contributed by atoms with Gasteiger partial charge < -0.3 is 14.7 Å². The molecule has 0 aromatic heterocycles. The van der Waals surface area contributed by atoms with Gasteiger partial charge in [-0.1, -0.05) is 0 Å². The summed E-state index contributed by atoms with van der Waals surface area (Å²) in [6.07, 6.45) is 2.03. The Morgan fingerprint density at radius 3 is 2.73 bits per heavy atom. The normalized spacial score (nSPS) is 24.5. The molecule has 1 aromatic rings. The first kappa shape index (κ1) is 15.4. The Hall–Kier alpha value is -1.53. The molecular formula is C16H19F2NO3. The van der Waals surface area contributed by atoms with E-state index in [-0.39, 0.29) is 5.56 Å². The molecule has 2 saturated heterocycles. The molecule has 1 unspecified atom stereocenters. The average Bonchev–Trinajstić information content (AvgIpc) is 2.53. The predicted octanol–water partition coefficient (Wildman–Crippen LogP) is 2.11. The number of likely N-dealkylation sites (tertiary alicyclic amines) is 1. The molecule has 2 heterocycles. The second-order valence-electron chi connectivity index (χ2n) is 5.99. The molecule has 6 heteroatoms. The van der Waals surface area contributed by atoms with Gasteiger partial charge in [-0.3, -0.25) is 4.79 Å². The summed E-state index contributed by atoms with van der Waals surface area (Å²) in [7, 11) is 0. The van der Waals surface area contributed by atoms with Gasteiger partial charge in [-0.15, -0.1) is 0 Å². The lowest BCUT2D eigenvalue weighted by Crippen LogP contribution is -2.56. The van der Waals surface area contributed by atoms with Gasteiger partial charge in [0, 0.05) is 19.7 Å². The van der Waals surface area contributed by atoms with Gasteiger partial charge in [0.1, 0.15) is 11.6 Å². The van der Waals surface area contributed by atoms with Crippen molar-refractivity contribution in [1.29, 1.82) is 0 Å². The molecule has 2 fully saturated rings. The second-order valence-corrected chi connectivity index (χ2v) is 5.99. The maximum Gasteiger partial charge on any atom is 0.256 e. The summed E-state index contributed by atoms with van der Waals surface area (Å²) in [6, 6.07) is 2.87. The largest absolute Gasteiger partial charge is 0.390 e. The molecule has 1 atom stereocenters. The van der Waals surface area contributed by atoms with Crippen molar-refractivity contribution < 1.29 is 23.4 Å². The lowest BCUT2D eigenvalue weighted by molar-refractivity contribution is -0.174. The first-order valence-corrected chi connectivity index (χ1v) is 7.58. The van der Waals surface area contributed by atoms with E-state index in [1.807, 2.05) is 0 Å². The third-order valence-corrected chi connectivity index (χ3v) is 4.67. The van der Waals surface area contributed by atoms with Crippen molar-refractivity contribution in [3.63, 3.8) is 0 Å². The van der Waals surface area contributed by atoms with E-state index in [1.165, 1.54) is 4.90 Å². The van der Waals surface area contributed by atoms with E-state index in [0.29, 0.717) is 39.0 Å². The Bertz CT molecular complexity index is 571. The SMILES string of the molecule is O=C(c1cc(F)ccc1F)N1CCC2(CC1)OCCCC2O. The highest BCUT2D eigenvalue weighted by Crippen LogP contribution is 2.35. The fourth-order valence-corrected chi connectivity index (χ4v) is 3.31. The monoisotopic (exact) mass is 311 g/mol. The molecule has 3 rings (SSSR count). The molecule has 0 radical (unpaired) electrons. The summed E-state index contributed by atoms with van der Waals surface area (Å²) in [5, 5.41) is 10.2. The van der Waals surface area contributed by atoms with E-state index in [0.717, 1.165) is 24.6 Å². The Morgan fingerprint density at radius 2 is 2.05 bits per heavy atom. The molecule has 1 N–H and O–H groups in total. The molecular weight excluding hydrogens is 292 g/mol. The average molecular weight is 311 g/mol. The summed E-state index contributed by atoms with van der Waals surface area (Å²) in [5.74, 6) is -1.87. The van der Waals surface area contributed by atoms with Crippen LogP contribution in [-0.2, 0) is 4.74 Å². The van der Waals surface area contributed by atoms with Crippen LogP contribution in [0.1, 0.15) is 36.0 Å². The van der Waals surface area contributed by atoms with Gasteiger partial charge >= 0.3 is 0 Å². The molecule has 2 aliphatic rings. The van der Waals surface area contributed by atoms with Crippen LogP contribution in [0.25, 0.3) is 0 Å². The highest BCUT2D eigenvalue weighted by molar-refractivity contribution is 5.94. The molecule has 1 aromatic carbocycles. The van der Waals surface area contributed by atoms with Gasteiger partial charge in [-0.2, -0.15) is 0 Å². The van der Waals surface area contributed by atoms with Crippen molar-refractivity contribution in [3.8, 4) is 0 Å². The zero-order valence-electron chi connectivity index (χ0n) is 12.2. The van der Waals surface area contributed by atoms with Crippen LogP contribution in [0.4, 0.5) is 8.78 Å². The number of hydrogen-bond acceptors (Lipinski definition) is 3. The zero-order valence-corrected chi connectivity index (χ0v) is 12.2. The van der Waals surface area contributed by atoms with Gasteiger partial charge in [-0.25, -0.2) is 8.78 Å². The van der Waals surface area contributed by atoms with Crippen molar-refractivity contribution in [2.45, 2.75) is 37.4 Å². The number of halogens is 2. The van der Waals surface area contributed by atoms with Crippen LogP contribution in [0.15, 0.2) is 18.2 Å². The topological polar surface area (TPSA) is 49.8 Å². The quantitative estimate of drug-likeness (QED) is 0.864. The standard InChI is InChI=1S/C16H19F2NO3/c17-11-3-4-13(18)12(10-11)15(21)19-7-5-16(6-8-19)14(20)2-1-9-22-16/h3-4,10,14,20H,1-2,5-9H2. The number of piperidine rings is 1. The van der Waals surface area contributed by atoms with Crippen molar-refractivity contribution in [1.82, 2.24) is 4.90 Å². The van der Waals surface area contributed by atoms with E-state index in [2.05, 4.69) is 0 Å². The Labute approximate surface area is 127 Å². The van der Waals surface area contributed by atoms with E-state index in [9.17, 15) is 18.7 Å². The van der Waals surface area contributed by atoms with Crippen molar-refractivity contribution >= 4 is 5.91 Å². The molecule has 120 valence electrons. The Morgan fingerprint density at radius 1 is 1.32 bits per heavy atom. The van der Waals surface area contributed by atoms with Gasteiger partial charge in [0.15, 0.2) is 0 Å². The van der Waals surface area contributed by atoms with E-state index < -0.39 is 29.2 Å². The van der Waals surface area contributed by atoms with E-state index in [1.54, 1.807) is 0 Å². The van der Waals surface area contributed by atoms with Crippen LogP contribution in [-0.4, -0.2) is 47.3 Å². The minimum Gasteiger partial charge on any atom is -0.390 e. The predicted molar refractivity (Wildman–Crippen MR) is 75.4 cm³/mol. The first-order valence-electron chi connectivity index (χ1n) is 7.58. The summed E-state index contributed by atoms with van der Waals surface area (Å²) in [5.41, 5.74) is -0.837. The van der Waals surface area contributed by atoms with Gasteiger partial charge in [0.25, 0.3) is 5.91 Å². The smallest absolute Gasteiger partial charge is 0.256 e. The maximum atomic E-state index is 13.7. The number of nitrogens with zero attached hydrogens (tertiary/aromatic N) is 1. The molecule has 1 spiro atoms. The van der Waals surface area contributed by atoms with Crippen LogP contribution in [0, 0.1) is 11.6 Å². The van der Waals surface area contributed by atoms with Crippen LogP contribution in [0.3, 0.4) is 0 Å². The van der Waals surface area contributed by atoms with E-state index in [4.69, 9.17) is 4.74 Å². The van der Waals surface area contributed by atoms with Crippen molar-refractivity contribution in [3.05, 3.63) is 35.4 Å². The van der Waals surface area contributed by atoms with Crippen LogP contribution in [0.2, 0.25) is 0 Å². The number of aliphatic hydroxyl groups is 1.